The number of methoxy groups -OCH3 is 1. The van der Waals surface area contributed by atoms with Gasteiger partial charge in [-0.25, -0.2) is 4.98 Å². The molecule has 7 nitrogen and oxygen atoms in total. The molecule has 1 N–H and O–H groups in total. The van der Waals surface area contributed by atoms with Gasteiger partial charge in [-0.15, -0.1) is 0 Å². The summed E-state index contributed by atoms with van der Waals surface area (Å²) in [5.74, 6) is 2.95. The van der Waals surface area contributed by atoms with E-state index in [1.54, 1.807) is 25.3 Å². The van der Waals surface area contributed by atoms with Crippen molar-refractivity contribution in [2.45, 2.75) is 32.2 Å². The second-order valence-corrected chi connectivity index (χ2v) is 6.15. The van der Waals surface area contributed by atoms with E-state index in [0.29, 0.717) is 23.7 Å². The Balaban J connectivity index is 1.61. The number of H-pyrrole nitrogens is 1. The van der Waals surface area contributed by atoms with E-state index in [9.17, 15) is 0 Å². The highest BCUT2D eigenvalue weighted by Gasteiger charge is 2.26. The Morgan fingerprint density at radius 1 is 1.36 bits per heavy atom. The number of nitriles is 1. The van der Waals surface area contributed by atoms with Crippen LogP contribution in [0, 0.1) is 18.3 Å². The first-order valence-corrected chi connectivity index (χ1v) is 8.55. The first kappa shape index (κ1) is 17.2. The number of hydrogen-bond acceptors (Lipinski definition) is 6. The largest absolute Gasteiger partial charge is 0.493 e. The SMILES string of the molecule is COc1cc(C#N)ccc1OCCN1CCCCC1c1n[nH]c(C)n1. The molecule has 0 bridgehead atoms. The lowest BCUT2D eigenvalue weighted by Gasteiger charge is -2.33. The summed E-state index contributed by atoms with van der Waals surface area (Å²) in [6.07, 6.45) is 3.44. The number of hydrogen-bond donors (Lipinski definition) is 1. The molecule has 1 aromatic heterocycles. The zero-order valence-electron chi connectivity index (χ0n) is 14.7. The fourth-order valence-corrected chi connectivity index (χ4v) is 3.19. The van der Waals surface area contributed by atoms with Crippen LogP contribution in [0.3, 0.4) is 0 Å². The third-order valence-electron chi connectivity index (χ3n) is 4.46. The van der Waals surface area contributed by atoms with E-state index in [0.717, 1.165) is 31.2 Å². The Morgan fingerprint density at radius 3 is 2.96 bits per heavy atom. The molecule has 1 aliphatic rings. The van der Waals surface area contributed by atoms with Crippen molar-refractivity contribution in [3.63, 3.8) is 0 Å². The molecule has 132 valence electrons. The lowest BCUT2D eigenvalue weighted by molar-refractivity contribution is 0.117. The van der Waals surface area contributed by atoms with Gasteiger partial charge in [0, 0.05) is 12.6 Å². The Labute approximate surface area is 147 Å². The predicted octanol–water partition coefficient (Wildman–Crippen LogP) is 2.60. The number of aromatic nitrogens is 3. The van der Waals surface area contributed by atoms with Crippen LogP contribution in [0.5, 0.6) is 11.5 Å². The average molecular weight is 341 g/mol. The molecule has 0 spiro atoms. The van der Waals surface area contributed by atoms with Crippen molar-refractivity contribution in [3.8, 4) is 17.6 Å². The molecule has 0 amide bonds. The first-order chi connectivity index (χ1) is 12.2. The maximum Gasteiger partial charge on any atom is 0.167 e. The van der Waals surface area contributed by atoms with E-state index in [1.807, 2.05) is 6.92 Å². The van der Waals surface area contributed by atoms with E-state index >= 15 is 0 Å². The number of likely N-dealkylation sites (tertiary alicyclic amines) is 1. The lowest BCUT2D eigenvalue weighted by Crippen LogP contribution is -2.37. The number of nitrogens with zero attached hydrogens (tertiary/aromatic N) is 4. The number of piperidine rings is 1. The maximum absolute atomic E-state index is 8.97. The summed E-state index contributed by atoms with van der Waals surface area (Å²) in [7, 11) is 1.58. The molecule has 1 aromatic carbocycles. The molecule has 2 aromatic rings. The van der Waals surface area contributed by atoms with Gasteiger partial charge >= 0.3 is 0 Å². The summed E-state index contributed by atoms with van der Waals surface area (Å²) in [6, 6.07) is 7.55. The van der Waals surface area contributed by atoms with Crippen LogP contribution >= 0.6 is 0 Å². The molecule has 0 radical (unpaired) electrons. The molecule has 1 unspecified atom stereocenters. The summed E-state index contributed by atoms with van der Waals surface area (Å²) in [5, 5.41) is 16.2. The van der Waals surface area contributed by atoms with Crippen LogP contribution in [-0.4, -0.2) is 46.9 Å². The predicted molar refractivity (Wildman–Crippen MR) is 92.5 cm³/mol. The van der Waals surface area contributed by atoms with Crippen molar-refractivity contribution < 1.29 is 9.47 Å². The first-order valence-electron chi connectivity index (χ1n) is 8.55. The van der Waals surface area contributed by atoms with Crippen LogP contribution in [0.25, 0.3) is 0 Å². The van der Waals surface area contributed by atoms with Crippen LogP contribution in [0.4, 0.5) is 0 Å². The second-order valence-electron chi connectivity index (χ2n) is 6.15. The maximum atomic E-state index is 8.97. The van der Waals surface area contributed by atoms with Crippen LogP contribution < -0.4 is 9.47 Å². The van der Waals surface area contributed by atoms with Crippen molar-refractivity contribution in [2.75, 3.05) is 26.8 Å². The fraction of sp³-hybridized carbons (Fsp3) is 0.500. The third kappa shape index (κ3) is 4.09. The summed E-state index contributed by atoms with van der Waals surface area (Å²) in [4.78, 5) is 6.87. The van der Waals surface area contributed by atoms with Crippen LogP contribution in [0.15, 0.2) is 18.2 Å². The zero-order valence-corrected chi connectivity index (χ0v) is 14.7. The van der Waals surface area contributed by atoms with Gasteiger partial charge in [-0.05, 0) is 38.4 Å². The topological polar surface area (TPSA) is 87.1 Å². The summed E-state index contributed by atoms with van der Waals surface area (Å²) >= 11 is 0. The molecule has 3 rings (SSSR count). The molecular formula is C18H23N5O2. The van der Waals surface area contributed by atoms with Gasteiger partial charge in [-0.2, -0.15) is 10.4 Å². The third-order valence-corrected chi connectivity index (χ3v) is 4.46. The van der Waals surface area contributed by atoms with Gasteiger partial charge in [0.2, 0.25) is 0 Å². The van der Waals surface area contributed by atoms with Gasteiger partial charge in [0.15, 0.2) is 17.3 Å². The second kappa shape index (κ2) is 7.99. The standard InChI is InChI=1S/C18H23N5O2/c1-13-20-18(22-21-13)15-5-3-4-8-23(15)9-10-25-16-7-6-14(12-19)11-17(16)24-2/h6-7,11,15H,3-5,8-10H2,1-2H3,(H,20,21,22). The van der Waals surface area contributed by atoms with E-state index in [2.05, 4.69) is 26.2 Å². The molecule has 1 saturated heterocycles. The molecular weight excluding hydrogens is 318 g/mol. The van der Waals surface area contributed by atoms with E-state index in [4.69, 9.17) is 14.7 Å². The molecule has 7 heteroatoms. The molecule has 25 heavy (non-hydrogen) atoms. The number of benzene rings is 1. The van der Waals surface area contributed by atoms with Crippen molar-refractivity contribution in [1.82, 2.24) is 20.1 Å². The Kier molecular flexibility index (Phi) is 5.51. The monoisotopic (exact) mass is 341 g/mol. The van der Waals surface area contributed by atoms with Gasteiger partial charge in [0.1, 0.15) is 12.4 Å². The van der Waals surface area contributed by atoms with Gasteiger partial charge in [0.05, 0.1) is 24.8 Å². The number of ether oxygens (including phenoxy) is 2. The van der Waals surface area contributed by atoms with Crippen LogP contribution in [-0.2, 0) is 0 Å². The molecule has 0 aliphatic carbocycles. The average Bonchev–Trinajstić information content (AvgIpc) is 3.08. The van der Waals surface area contributed by atoms with Crippen molar-refractivity contribution in [1.29, 1.82) is 5.26 Å². The van der Waals surface area contributed by atoms with Crippen molar-refractivity contribution in [2.24, 2.45) is 0 Å². The van der Waals surface area contributed by atoms with Gasteiger partial charge in [-0.1, -0.05) is 6.42 Å². The van der Waals surface area contributed by atoms with E-state index in [-0.39, 0.29) is 6.04 Å². The molecule has 2 heterocycles. The zero-order chi connectivity index (χ0) is 17.6. The summed E-state index contributed by atoms with van der Waals surface area (Å²) < 4.78 is 11.2. The highest BCUT2D eigenvalue weighted by atomic mass is 16.5. The van der Waals surface area contributed by atoms with E-state index in [1.165, 1.54) is 12.8 Å². The quantitative estimate of drug-likeness (QED) is 0.869. The number of aryl methyl sites for hydroxylation is 1. The van der Waals surface area contributed by atoms with Gasteiger partial charge in [-0.3, -0.25) is 10.00 Å². The van der Waals surface area contributed by atoms with Gasteiger partial charge in [0.25, 0.3) is 0 Å². The highest BCUT2D eigenvalue weighted by molar-refractivity contribution is 5.46. The van der Waals surface area contributed by atoms with Crippen molar-refractivity contribution in [3.05, 3.63) is 35.4 Å². The van der Waals surface area contributed by atoms with Crippen LogP contribution in [0.2, 0.25) is 0 Å². The Morgan fingerprint density at radius 2 is 2.24 bits per heavy atom. The Bertz CT molecular complexity index is 752. The molecule has 1 aliphatic heterocycles. The number of nitrogens with one attached hydrogen (secondary N) is 1. The minimum atomic E-state index is 0.241. The number of aromatic amines is 1. The lowest BCUT2D eigenvalue weighted by atomic mass is 10.0. The minimum Gasteiger partial charge on any atom is -0.493 e. The molecule has 0 saturated carbocycles. The Hall–Kier alpha value is -2.59. The molecule has 1 fully saturated rings. The van der Waals surface area contributed by atoms with Crippen molar-refractivity contribution >= 4 is 0 Å². The van der Waals surface area contributed by atoms with Gasteiger partial charge < -0.3 is 9.47 Å². The summed E-state index contributed by atoms with van der Waals surface area (Å²) in [6.45, 7) is 4.28. The van der Waals surface area contributed by atoms with Crippen LogP contribution in [0.1, 0.15) is 42.5 Å². The normalized spacial score (nSPS) is 17.9. The fourth-order valence-electron chi connectivity index (χ4n) is 3.19. The number of rotatable bonds is 6. The molecule has 1 atom stereocenters. The minimum absolute atomic E-state index is 0.241. The smallest absolute Gasteiger partial charge is 0.167 e. The van der Waals surface area contributed by atoms with E-state index < -0.39 is 0 Å². The summed E-state index contributed by atoms with van der Waals surface area (Å²) in [5.41, 5.74) is 0.556. The highest BCUT2D eigenvalue weighted by Crippen LogP contribution is 2.30.